The van der Waals surface area contributed by atoms with Gasteiger partial charge in [0, 0.05) is 13.2 Å². The lowest BCUT2D eigenvalue weighted by Crippen LogP contribution is -2.41. The Hall–Kier alpha value is -1.89. The molecule has 33 heavy (non-hydrogen) atoms. The highest BCUT2D eigenvalue weighted by atomic mass is 16.7. The smallest absolute Gasteiger partial charge is 0.466 e. The summed E-state index contributed by atoms with van der Waals surface area (Å²) in [5.74, 6) is 0.263. The zero-order chi connectivity index (χ0) is 24.9. The van der Waals surface area contributed by atoms with E-state index in [1.54, 1.807) is 13.2 Å². The van der Waals surface area contributed by atoms with Crippen LogP contribution >= 0.6 is 0 Å². The van der Waals surface area contributed by atoms with Crippen molar-refractivity contribution in [1.82, 2.24) is 0 Å². The van der Waals surface area contributed by atoms with Crippen molar-refractivity contribution in [3.05, 3.63) is 47.6 Å². The van der Waals surface area contributed by atoms with Crippen molar-refractivity contribution >= 4 is 24.6 Å². The van der Waals surface area contributed by atoms with Gasteiger partial charge in [-0.15, -0.1) is 0 Å². The number of hydrogen-bond donors (Lipinski definition) is 0. The third kappa shape index (κ3) is 6.37. The first-order valence-electron chi connectivity index (χ1n) is 11.9. The molecule has 0 bridgehead atoms. The topological polar surface area (TPSA) is 54.0 Å². The molecule has 6 heteroatoms. The Bertz CT molecular complexity index is 853. The van der Waals surface area contributed by atoms with Crippen molar-refractivity contribution in [2.24, 2.45) is 5.92 Å². The predicted octanol–water partition coefficient (Wildman–Crippen LogP) is 5.42. The molecule has 1 aliphatic heterocycles. The number of benzene rings is 1. The fourth-order valence-corrected chi connectivity index (χ4v) is 3.82. The fraction of sp³-hybridized carbons (Fsp3) is 0.593. The zero-order valence-electron chi connectivity index (χ0n) is 21.9. The molecule has 0 aliphatic carbocycles. The number of ether oxygens (including phenoxy) is 2. The number of carbonyl (C=O) groups excluding carboxylic acids is 1. The molecular formula is C27H41BO5. The molecule has 1 fully saturated rings. The van der Waals surface area contributed by atoms with E-state index in [2.05, 4.69) is 39.0 Å². The van der Waals surface area contributed by atoms with E-state index in [1.165, 1.54) is 13.2 Å². The molecule has 1 aliphatic rings. The number of carbonyl (C=O) groups is 1. The molecule has 0 N–H and O–H groups in total. The van der Waals surface area contributed by atoms with Gasteiger partial charge in [-0.3, -0.25) is 0 Å². The Morgan fingerprint density at radius 2 is 1.73 bits per heavy atom. The summed E-state index contributed by atoms with van der Waals surface area (Å²) >= 11 is 0. The van der Waals surface area contributed by atoms with Crippen molar-refractivity contribution in [2.45, 2.75) is 84.5 Å². The van der Waals surface area contributed by atoms with E-state index < -0.39 is 29.9 Å². The summed E-state index contributed by atoms with van der Waals surface area (Å²) in [6, 6.07) is 6.06. The van der Waals surface area contributed by atoms with Crippen LogP contribution in [-0.2, 0) is 29.2 Å². The molecule has 1 atom stereocenters. The van der Waals surface area contributed by atoms with Crippen LogP contribution in [0.3, 0.4) is 0 Å². The van der Waals surface area contributed by atoms with E-state index in [0.717, 1.165) is 35.9 Å². The molecule has 2 rings (SSSR count). The fourth-order valence-electron chi connectivity index (χ4n) is 3.82. The maximum Gasteiger partial charge on any atom is 0.495 e. The molecule has 5 nitrogen and oxygen atoms in total. The van der Waals surface area contributed by atoms with Crippen LogP contribution in [0.1, 0.15) is 78.9 Å². The van der Waals surface area contributed by atoms with Crippen LogP contribution in [0.25, 0.3) is 6.08 Å². The van der Waals surface area contributed by atoms with Gasteiger partial charge in [-0.25, -0.2) is 4.79 Å². The van der Waals surface area contributed by atoms with Gasteiger partial charge in [-0.2, -0.15) is 0 Å². The molecule has 0 amide bonds. The molecule has 1 aromatic carbocycles. The number of allylic oxidation sites excluding steroid dienone is 1. The van der Waals surface area contributed by atoms with Crippen LogP contribution < -0.4 is 5.46 Å². The maximum absolute atomic E-state index is 11.7. The van der Waals surface area contributed by atoms with Crippen LogP contribution in [0.4, 0.5) is 0 Å². The quantitative estimate of drug-likeness (QED) is 0.204. The highest BCUT2D eigenvalue weighted by Crippen LogP contribution is 2.37. The van der Waals surface area contributed by atoms with E-state index in [9.17, 15) is 4.79 Å². The SMILES string of the molecule is CCC(CC)C/C=C/C(C)(OC)c1ccc(/C=C/C(=O)OC)c(B2OC(C)(C)C(C)(C)O2)c1. The summed E-state index contributed by atoms with van der Waals surface area (Å²) in [4.78, 5) is 11.7. The lowest BCUT2D eigenvalue weighted by atomic mass is 9.73. The minimum atomic E-state index is -0.602. The van der Waals surface area contributed by atoms with Crippen LogP contribution in [0.5, 0.6) is 0 Å². The third-order valence-corrected chi connectivity index (χ3v) is 7.25. The van der Waals surface area contributed by atoms with Crippen molar-refractivity contribution in [3.8, 4) is 0 Å². The number of esters is 1. The summed E-state index contributed by atoms with van der Waals surface area (Å²) in [5, 5.41) is 0. The average Bonchev–Trinajstić information content (AvgIpc) is 3.01. The van der Waals surface area contributed by atoms with E-state index in [0.29, 0.717) is 5.92 Å². The van der Waals surface area contributed by atoms with E-state index >= 15 is 0 Å². The lowest BCUT2D eigenvalue weighted by molar-refractivity contribution is -0.134. The van der Waals surface area contributed by atoms with Gasteiger partial charge in [-0.05, 0) is 69.6 Å². The molecule has 0 aromatic heterocycles. The number of methoxy groups -OCH3 is 2. The van der Waals surface area contributed by atoms with Gasteiger partial charge in [0.2, 0.25) is 0 Å². The Morgan fingerprint density at radius 1 is 1.12 bits per heavy atom. The molecule has 0 saturated carbocycles. The second-order valence-corrected chi connectivity index (χ2v) is 9.92. The largest absolute Gasteiger partial charge is 0.495 e. The standard InChI is InChI=1S/C27H41BO5/c1-10-20(11-2)13-12-18-27(7,31-9)22-16-14-21(15-17-24(29)30-8)23(19-22)28-32-25(3,4)26(5,6)33-28/h12,14-20H,10-11,13H2,1-9H3/b17-15+,18-12+. The summed E-state index contributed by atoms with van der Waals surface area (Å²) in [5.41, 5.74) is 1.12. The Kier molecular flexibility index (Phi) is 9.14. The van der Waals surface area contributed by atoms with Crippen LogP contribution in [0.15, 0.2) is 36.4 Å². The van der Waals surface area contributed by atoms with Crippen molar-refractivity contribution in [2.75, 3.05) is 14.2 Å². The molecule has 1 aromatic rings. The highest BCUT2D eigenvalue weighted by molar-refractivity contribution is 6.63. The van der Waals surface area contributed by atoms with E-state index in [4.69, 9.17) is 18.8 Å². The van der Waals surface area contributed by atoms with E-state index in [-0.39, 0.29) is 0 Å². The maximum atomic E-state index is 11.7. The van der Waals surface area contributed by atoms with Gasteiger partial charge in [0.1, 0.15) is 5.60 Å². The molecule has 1 heterocycles. The zero-order valence-corrected chi connectivity index (χ0v) is 21.9. The first-order chi connectivity index (χ1) is 15.4. The summed E-state index contributed by atoms with van der Waals surface area (Å²) in [7, 11) is 2.52. The van der Waals surface area contributed by atoms with Crippen molar-refractivity contribution < 1.29 is 23.6 Å². The predicted molar refractivity (Wildman–Crippen MR) is 135 cm³/mol. The summed E-state index contributed by atoms with van der Waals surface area (Å²) < 4.78 is 23.4. The third-order valence-electron chi connectivity index (χ3n) is 7.25. The number of hydrogen-bond acceptors (Lipinski definition) is 5. The van der Waals surface area contributed by atoms with Crippen LogP contribution in [-0.4, -0.2) is 38.5 Å². The molecule has 0 spiro atoms. The van der Waals surface area contributed by atoms with Gasteiger partial charge >= 0.3 is 13.1 Å². The van der Waals surface area contributed by atoms with Gasteiger partial charge < -0.3 is 18.8 Å². The van der Waals surface area contributed by atoms with Gasteiger partial charge in [0.15, 0.2) is 0 Å². The second kappa shape index (κ2) is 11.0. The molecule has 1 unspecified atom stereocenters. The van der Waals surface area contributed by atoms with Crippen molar-refractivity contribution in [3.63, 3.8) is 0 Å². The first kappa shape index (κ1) is 27.4. The Balaban J connectivity index is 2.48. The minimum Gasteiger partial charge on any atom is -0.466 e. The second-order valence-electron chi connectivity index (χ2n) is 9.92. The highest BCUT2D eigenvalue weighted by Gasteiger charge is 2.52. The average molecular weight is 456 g/mol. The van der Waals surface area contributed by atoms with Gasteiger partial charge in [0.25, 0.3) is 0 Å². The normalized spacial score (nSPS) is 19.5. The van der Waals surface area contributed by atoms with E-state index in [1.807, 2.05) is 39.8 Å². The Morgan fingerprint density at radius 3 is 2.24 bits per heavy atom. The van der Waals surface area contributed by atoms with Gasteiger partial charge in [0.05, 0.1) is 18.3 Å². The van der Waals surface area contributed by atoms with Crippen molar-refractivity contribution in [1.29, 1.82) is 0 Å². The number of rotatable bonds is 10. The molecular weight excluding hydrogens is 415 g/mol. The molecule has 1 saturated heterocycles. The van der Waals surface area contributed by atoms with Crippen LogP contribution in [0.2, 0.25) is 0 Å². The molecule has 0 radical (unpaired) electrons. The summed E-state index contributed by atoms with van der Waals surface area (Å²) in [6.07, 6.45) is 10.9. The van der Waals surface area contributed by atoms with Gasteiger partial charge in [-0.1, -0.05) is 57.0 Å². The van der Waals surface area contributed by atoms with Crippen LogP contribution in [0, 0.1) is 5.92 Å². The Labute approximate surface area is 200 Å². The first-order valence-corrected chi connectivity index (χ1v) is 11.9. The monoisotopic (exact) mass is 456 g/mol. The lowest BCUT2D eigenvalue weighted by Gasteiger charge is -2.32. The summed E-state index contributed by atoms with van der Waals surface area (Å²) in [6.45, 7) is 14.6. The molecule has 182 valence electrons. The minimum absolute atomic E-state index is 0.412.